The van der Waals surface area contributed by atoms with E-state index in [1.807, 2.05) is 43.9 Å². The van der Waals surface area contributed by atoms with E-state index in [-0.39, 0.29) is 5.54 Å². The van der Waals surface area contributed by atoms with Crippen molar-refractivity contribution in [2.45, 2.75) is 52.5 Å². The molecule has 0 atom stereocenters. The molecule has 0 unspecified atom stereocenters. The van der Waals surface area contributed by atoms with Crippen LogP contribution in [0, 0.1) is 6.92 Å². The third kappa shape index (κ3) is 7.66. The number of rotatable bonds is 8. The van der Waals surface area contributed by atoms with Gasteiger partial charge in [0.25, 0.3) is 0 Å². The van der Waals surface area contributed by atoms with Crippen molar-refractivity contribution in [2.24, 2.45) is 0 Å². The van der Waals surface area contributed by atoms with Crippen molar-refractivity contribution >= 4 is 23.6 Å². The first-order valence-electron chi connectivity index (χ1n) is 9.84. The molecule has 162 valence electrons. The number of carbonyl (C=O) groups is 1. The lowest BCUT2D eigenvalue weighted by Gasteiger charge is -2.31. The summed E-state index contributed by atoms with van der Waals surface area (Å²) in [5.74, 6) is 1.71. The van der Waals surface area contributed by atoms with E-state index in [0.717, 1.165) is 47.2 Å². The summed E-state index contributed by atoms with van der Waals surface area (Å²) in [5, 5.41) is 12.2. The summed E-state index contributed by atoms with van der Waals surface area (Å²) in [6.45, 7) is 9.47. The number of hydrogen-bond donors (Lipinski definition) is 2. The Labute approximate surface area is 179 Å². The third-order valence-corrected chi connectivity index (χ3v) is 5.27. The zero-order chi connectivity index (χ0) is 22.0. The number of anilines is 1. The molecular formula is C21H35ClN6O. The van der Waals surface area contributed by atoms with E-state index in [4.69, 9.17) is 11.6 Å². The second-order valence-corrected chi connectivity index (χ2v) is 8.21. The molecule has 0 fully saturated rings. The minimum Gasteiger partial charge on any atom is -0.388 e. The molecule has 0 radical (unpaired) electrons. The Morgan fingerprint density at radius 2 is 1.79 bits per heavy atom. The van der Waals surface area contributed by atoms with Gasteiger partial charge in [0, 0.05) is 56.2 Å². The normalized spacial score (nSPS) is 11.1. The maximum atomic E-state index is 10.4. The van der Waals surface area contributed by atoms with Crippen LogP contribution in [0.4, 0.5) is 5.69 Å². The second-order valence-electron chi connectivity index (χ2n) is 7.80. The van der Waals surface area contributed by atoms with Crippen molar-refractivity contribution in [2.75, 3.05) is 38.4 Å². The first-order valence-corrected chi connectivity index (χ1v) is 10.2. The molecule has 0 bridgehead atoms. The van der Waals surface area contributed by atoms with Gasteiger partial charge < -0.3 is 20.4 Å². The maximum Gasteiger partial charge on any atom is 0.153 e. The molecule has 7 nitrogen and oxygen atoms in total. The second kappa shape index (κ2) is 11.8. The molecule has 2 N–H and O–H groups in total. The van der Waals surface area contributed by atoms with Crippen LogP contribution < -0.4 is 10.7 Å². The van der Waals surface area contributed by atoms with Gasteiger partial charge in [-0.15, -0.1) is 10.2 Å². The van der Waals surface area contributed by atoms with Gasteiger partial charge in [-0.1, -0.05) is 17.7 Å². The highest BCUT2D eigenvalue weighted by atomic mass is 35.5. The van der Waals surface area contributed by atoms with Gasteiger partial charge in [-0.2, -0.15) is 0 Å². The predicted octanol–water partition coefficient (Wildman–Crippen LogP) is 3.55. The minimum atomic E-state index is 0.144. The highest BCUT2D eigenvalue weighted by Crippen LogP contribution is 2.21. The first-order chi connectivity index (χ1) is 13.6. The van der Waals surface area contributed by atoms with E-state index in [1.54, 1.807) is 0 Å². The van der Waals surface area contributed by atoms with Gasteiger partial charge in [0.2, 0.25) is 0 Å². The molecule has 0 aliphatic rings. The summed E-state index contributed by atoms with van der Waals surface area (Å²) in [7, 11) is 5.83. The highest BCUT2D eigenvalue weighted by molar-refractivity contribution is 6.31. The van der Waals surface area contributed by atoms with Crippen LogP contribution in [-0.4, -0.2) is 59.3 Å². The monoisotopic (exact) mass is 422 g/mol. The van der Waals surface area contributed by atoms with E-state index in [1.165, 1.54) is 0 Å². The molecule has 8 heteroatoms. The number of halogens is 1. The Morgan fingerprint density at radius 3 is 2.28 bits per heavy atom. The molecule has 0 amide bonds. The van der Waals surface area contributed by atoms with E-state index >= 15 is 0 Å². The van der Waals surface area contributed by atoms with Crippen LogP contribution in [0.25, 0.3) is 0 Å². The minimum absolute atomic E-state index is 0.144. The summed E-state index contributed by atoms with van der Waals surface area (Å²) >= 11 is 5.85. The Bertz CT molecular complexity index is 769. The average molecular weight is 423 g/mol. The zero-order valence-corrected chi connectivity index (χ0v) is 19.5. The molecule has 0 spiro atoms. The van der Waals surface area contributed by atoms with Gasteiger partial charge in [-0.25, -0.2) is 4.68 Å². The summed E-state index contributed by atoms with van der Waals surface area (Å²) in [5.41, 5.74) is 5.41. The van der Waals surface area contributed by atoms with Crippen molar-refractivity contribution in [3.8, 4) is 0 Å². The van der Waals surface area contributed by atoms with Crippen LogP contribution in [0.5, 0.6) is 0 Å². The molecule has 29 heavy (non-hydrogen) atoms. The van der Waals surface area contributed by atoms with E-state index in [0.29, 0.717) is 12.8 Å². The fourth-order valence-corrected chi connectivity index (χ4v) is 2.78. The van der Waals surface area contributed by atoms with Gasteiger partial charge in [-0.05, 0) is 52.4 Å². The average Bonchev–Trinajstić information content (AvgIpc) is 3.08. The fraction of sp³-hybridized carbons (Fsp3) is 0.571. The van der Waals surface area contributed by atoms with Gasteiger partial charge >= 0.3 is 0 Å². The Morgan fingerprint density at radius 1 is 1.17 bits per heavy atom. The van der Waals surface area contributed by atoms with Crippen LogP contribution in [-0.2, 0) is 17.6 Å². The molecule has 2 rings (SSSR count). The molecule has 1 heterocycles. The van der Waals surface area contributed by atoms with Crippen LogP contribution in [0.1, 0.15) is 44.4 Å². The summed E-state index contributed by atoms with van der Waals surface area (Å²) < 4.78 is 1.88. The van der Waals surface area contributed by atoms with Gasteiger partial charge in [0.15, 0.2) is 11.6 Å². The summed E-state index contributed by atoms with van der Waals surface area (Å²) in [6, 6.07) is 5.82. The lowest BCUT2D eigenvalue weighted by atomic mass is 10.1. The molecular weight excluding hydrogens is 388 g/mol. The number of nitrogens with one attached hydrogen (secondary N) is 2. The summed E-state index contributed by atoms with van der Waals surface area (Å²) in [6.07, 6.45) is 2.82. The van der Waals surface area contributed by atoms with Crippen LogP contribution in [0.3, 0.4) is 0 Å². The quantitative estimate of drug-likeness (QED) is 0.633. The van der Waals surface area contributed by atoms with E-state index < -0.39 is 0 Å². The van der Waals surface area contributed by atoms with Crippen molar-refractivity contribution in [3.63, 3.8) is 0 Å². The third-order valence-electron chi connectivity index (χ3n) is 4.86. The number of benzene rings is 1. The van der Waals surface area contributed by atoms with Gasteiger partial charge in [-0.3, -0.25) is 0 Å². The molecule has 1 aromatic carbocycles. The lowest BCUT2D eigenvalue weighted by molar-refractivity contribution is -0.107. The first kappa shape index (κ1) is 24.9. The topological polar surface area (TPSA) is 75.1 Å². The number of aromatic nitrogens is 3. The smallest absolute Gasteiger partial charge is 0.153 e. The molecule has 0 aliphatic carbocycles. The van der Waals surface area contributed by atoms with Crippen LogP contribution >= 0.6 is 11.6 Å². The highest BCUT2D eigenvalue weighted by Gasteiger charge is 2.18. The number of aldehydes is 1. The Balaban J connectivity index is 0.000000352. The van der Waals surface area contributed by atoms with Crippen LogP contribution in [0.2, 0.25) is 5.02 Å². The van der Waals surface area contributed by atoms with Gasteiger partial charge in [0.1, 0.15) is 6.29 Å². The SMILES string of the molecule is CNc1cccc(Cl)c1C.CNn1c(CCC=O)nnc1CCN(C)C(C)(C)C. The Kier molecular flexibility index (Phi) is 10.1. The number of likely N-dealkylation sites (N-methyl/N-ethyl adjacent to an activating group) is 1. The zero-order valence-electron chi connectivity index (χ0n) is 18.7. The van der Waals surface area contributed by atoms with Crippen LogP contribution in [0.15, 0.2) is 18.2 Å². The number of hydrogen-bond acceptors (Lipinski definition) is 6. The standard InChI is InChI=1S/C13H25N5O.C8H10ClN/c1-13(2,3)17(5)9-8-12-16-15-11(7-6-10-19)18(12)14-4;1-6-7(9)4-3-5-8(6)10-2/h10,14H,6-9H2,1-5H3;3-5,10H,1-2H3. The number of nitrogens with zero attached hydrogens (tertiary/aromatic N) is 4. The largest absolute Gasteiger partial charge is 0.388 e. The Hall–Kier alpha value is -2.12. The molecule has 0 saturated heterocycles. The number of aryl methyl sites for hydroxylation is 1. The molecule has 1 aromatic heterocycles. The molecule has 0 saturated carbocycles. The van der Waals surface area contributed by atoms with E-state index in [2.05, 4.69) is 53.7 Å². The van der Waals surface area contributed by atoms with Gasteiger partial charge in [0.05, 0.1) is 0 Å². The van der Waals surface area contributed by atoms with Crippen molar-refractivity contribution < 1.29 is 4.79 Å². The number of carbonyl (C=O) groups excluding carboxylic acids is 1. The summed E-state index contributed by atoms with van der Waals surface area (Å²) in [4.78, 5) is 12.7. The molecule has 2 aromatic rings. The predicted molar refractivity (Wildman–Crippen MR) is 122 cm³/mol. The van der Waals surface area contributed by atoms with Crippen molar-refractivity contribution in [1.29, 1.82) is 0 Å². The van der Waals surface area contributed by atoms with E-state index in [9.17, 15) is 4.79 Å². The maximum absolute atomic E-state index is 10.4. The lowest BCUT2D eigenvalue weighted by Crippen LogP contribution is -2.39. The van der Waals surface area contributed by atoms with Crippen molar-refractivity contribution in [3.05, 3.63) is 40.4 Å². The van der Waals surface area contributed by atoms with Crippen molar-refractivity contribution in [1.82, 2.24) is 19.8 Å². The molecule has 0 aliphatic heterocycles. The fourth-order valence-electron chi connectivity index (χ4n) is 2.61.